The van der Waals surface area contributed by atoms with Gasteiger partial charge in [-0.3, -0.25) is 0 Å². The number of halogens is 1. The summed E-state index contributed by atoms with van der Waals surface area (Å²) in [4.78, 5) is 4.34. The number of aryl methyl sites for hydroxylation is 2. The third-order valence-corrected chi connectivity index (χ3v) is 3.86. The average Bonchev–Trinajstić information content (AvgIpc) is 3.27. The lowest BCUT2D eigenvalue weighted by atomic mass is 10.2. The van der Waals surface area contributed by atoms with Crippen molar-refractivity contribution in [2.45, 2.75) is 19.8 Å². The smallest absolute Gasteiger partial charge is 0.227 e. The van der Waals surface area contributed by atoms with Crippen LogP contribution in [0.3, 0.4) is 0 Å². The van der Waals surface area contributed by atoms with Gasteiger partial charge in [0, 0.05) is 18.5 Å². The van der Waals surface area contributed by atoms with E-state index in [1.807, 2.05) is 19.1 Å². The number of benzene rings is 1. The summed E-state index contributed by atoms with van der Waals surface area (Å²) in [7, 11) is 0. The summed E-state index contributed by atoms with van der Waals surface area (Å²) >= 11 is 0. The molecule has 4 rings (SSSR count). The Bertz CT molecular complexity index is 1030. The minimum absolute atomic E-state index is 0.294. The third kappa shape index (κ3) is 3.37. The highest BCUT2D eigenvalue weighted by molar-refractivity contribution is 5.53. The SMILES string of the molecule is Cc1nnc2ccc(NCCCc3nc(-c4ccc(F)cc4)no3)nn12. The van der Waals surface area contributed by atoms with Gasteiger partial charge in [0.25, 0.3) is 0 Å². The number of aromatic nitrogens is 6. The first-order valence-electron chi connectivity index (χ1n) is 8.20. The van der Waals surface area contributed by atoms with E-state index in [0.29, 0.717) is 30.3 Å². The van der Waals surface area contributed by atoms with E-state index >= 15 is 0 Å². The van der Waals surface area contributed by atoms with E-state index in [9.17, 15) is 4.39 Å². The minimum Gasteiger partial charge on any atom is -0.369 e. The van der Waals surface area contributed by atoms with Crippen LogP contribution in [-0.4, -0.2) is 36.5 Å². The van der Waals surface area contributed by atoms with Gasteiger partial charge in [0.1, 0.15) is 11.6 Å². The van der Waals surface area contributed by atoms with Crippen LogP contribution in [0.1, 0.15) is 18.1 Å². The second kappa shape index (κ2) is 6.87. The lowest BCUT2D eigenvalue weighted by Gasteiger charge is -2.04. The minimum atomic E-state index is -0.294. The van der Waals surface area contributed by atoms with E-state index < -0.39 is 0 Å². The van der Waals surface area contributed by atoms with Crippen molar-refractivity contribution in [2.24, 2.45) is 0 Å². The Morgan fingerprint density at radius 3 is 2.81 bits per heavy atom. The molecule has 0 saturated heterocycles. The van der Waals surface area contributed by atoms with Crippen LogP contribution in [0.15, 0.2) is 40.9 Å². The van der Waals surface area contributed by atoms with Crippen molar-refractivity contribution in [1.29, 1.82) is 0 Å². The largest absolute Gasteiger partial charge is 0.369 e. The van der Waals surface area contributed by atoms with Gasteiger partial charge in [-0.2, -0.15) is 9.50 Å². The molecule has 0 spiro atoms. The first kappa shape index (κ1) is 16.1. The molecule has 1 aromatic carbocycles. The van der Waals surface area contributed by atoms with Crippen molar-refractivity contribution in [2.75, 3.05) is 11.9 Å². The number of rotatable bonds is 6. The van der Waals surface area contributed by atoms with Gasteiger partial charge in [0.15, 0.2) is 11.5 Å². The fraction of sp³-hybridized carbons (Fsp3) is 0.235. The molecule has 0 unspecified atom stereocenters. The Labute approximate surface area is 148 Å². The van der Waals surface area contributed by atoms with E-state index in [1.165, 1.54) is 12.1 Å². The van der Waals surface area contributed by atoms with Gasteiger partial charge in [-0.25, -0.2) is 4.39 Å². The Balaban J connectivity index is 1.32. The van der Waals surface area contributed by atoms with E-state index in [2.05, 4.69) is 30.8 Å². The standard InChI is InChI=1S/C17H16FN7O/c1-11-21-22-15-9-8-14(23-25(11)15)19-10-2-3-16-20-17(24-26-16)12-4-6-13(18)7-5-12/h4-9H,2-3,10H2,1H3,(H,19,23). The molecule has 0 fully saturated rings. The molecule has 0 aliphatic rings. The first-order valence-corrected chi connectivity index (χ1v) is 8.20. The second-order valence-electron chi connectivity index (χ2n) is 5.78. The quantitative estimate of drug-likeness (QED) is 0.533. The number of fused-ring (bicyclic) bond motifs is 1. The molecule has 3 heterocycles. The summed E-state index contributed by atoms with van der Waals surface area (Å²) in [5.74, 6) is 2.20. The van der Waals surface area contributed by atoms with Gasteiger partial charge in [0.2, 0.25) is 11.7 Å². The Morgan fingerprint density at radius 2 is 1.96 bits per heavy atom. The molecule has 9 heteroatoms. The maximum Gasteiger partial charge on any atom is 0.227 e. The van der Waals surface area contributed by atoms with Crippen LogP contribution in [0.5, 0.6) is 0 Å². The summed E-state index contributed by atoms with van der Waals surface area (Å²) in [6, 6.07) is 9.72. The molecule has 0 saturated carbocycles. The van der Waals surface area contributed by atoms with Crippen molar-refractivity contribution in [3.63, 3.8) is 0 Å². The monoisotopic (exact) mass is 353 g/mol. The second-order valence-corrected chi connectivity index (χ2v) is 5.78. The van der Waals surface area contributed by atoms with Gasteiger partial charge in [-0.1, -0.05) is 5.16 Å². The van der Waals surface area contributed by atoms with Gasteiger partial charge < -0.3 is 9.84 Å². The zero-order valence-electron chi connectivity index (χ0n) is 14.1. The molecule has 0 amide bonds. The molecule has 1 N–H and O–H groups in total. The highest BCUT2D eigenvalue weighted by Crippen LogP contribution is 2.16. The third-order valence-electron chi connectivity index (χ3n) is 3.86. The lowest BCUT2D eigenvalue weighted by molar-refractivity contribution is 0.377. The summed E-state index contributed by atoms with van der Waals surface area (Å²) in [5.41, 5.74) is 1.44. The van der Waals surface area contributed by atoms with Crippen molar-refractivity contribution in [3.05, 3.63) is 53.9 Å². The average molecular weight is 353 g/mol. The molecule has 4 aromatic rings. The van der Waals surface area contributed by atoms with Crippen molar-refractivity contribution >= 4 is 11.5 Å². The highest BCUT2D eigenvalue weighted by Gasteiger charge is 2.09. The molecule has 26 heavy (non-hydrogen) atoms. The molecule has 0 atom stereocenters. The molecule has 3 aromatic heterocycles. The summed E-state index contributed by atoms with van der Waals surface area (Å²) < 4.78 is 19.9. The number of anilines is 1. The van der Waals surface area contributed by atoms with Crippen LogP contribution in [0.4, 0.5) is 10.2 Å². The predicted molar refractivity (Wildman–Crippen MR) is 92.0 cm³/mol. The molecular formula is C17H16FN7O. The maximum atomic E-state index is 13.0. The predicted octanol–water partition coefficient (Wildman–Crippen LogP) is 2.67. The van der Waals surface area contributed by atoms with Crippen LogP contribution in [0, 0.1) is 12.7 Å². The van der Waals surface area contributed by atoms with Crippen molar-refractivity contribution in [3.8, 4) is 11.4 Å². The van der Waals surface area contributed by atoms with Crippen molar-refractivity contribution < 1.29 is 8.91 Å². The molecule has 8 nitrogen and oxygen atoms in total. The number of nitrogens with one attached hydrogen (secondary N) is 1. The Kier molecular flexibility index (Phi) is 4.26. The highest BCUT2D eigenvalue weighted by atomic mass is 19.1. The van der Waals surface area contributed by atoms with Crippen LogP contribution < -0.4 is 5.32 Å². The Morgan fingerprint density at radius 1 is 1.12 bits per heavy atom. The van der Waals surface area contributed by atoms with E-state index in [4.69, 9.17) is 4.52 Å². The van der Waals surface area contributed by atoms with Gasteiger partial charge in [-0.15, -0.1) is 15.3 Å². The zero-order chi connectivity index (χ0) is 17.9. The first-order chi connectivity index (χ1) is 12.7. The Hall–Kier alpha value is -3.36. The molecule has 0 radical (unpaired) electrons. The molecular weight excluding hydrogens is 337 g/mol. The van der Waals surface area contributed by atoms with E-state index in [-0.39, 0.29) is 5.82 Å². The van der Waals surface area contributed by atoms with Gasteiger partial charge >= 0.3 is 0 Å². The fourth-order valence-corrected chi connectivity index (χ4v) is 2.52. The van der Waals surface area contributed by atoms with E-state index in [1.54, 1.807) is 16.6 Å². The summed E-state index contributed by atoms with van der Waals surface area (Å²) in [6.07, 6.45) is 1.43. The molecule has 0 aliphatic heterocycles. The molecule has 132 valence electrons. The normalized spacial score (nSPS) is 11.2. The maximum absolute atomic E-state index is 13.0. The zero-order valence-corrected chi connectivity index (χ0v) is 14.1. The fourth-order valence-electron chi connectivity index (χ4n) is 2.52. The number of hydrogen-bond acceptors (Lipinski definition) is 7. The van der Waals surface area contributed by atoms with Crippen LogP contribution in [0.2, 0.25) is 0 Å². The molecule has 0 bridgehead atoms. The topological polar surface area (TPSA) is 94.0 Å². The molecule has 0 aliphatic carbocycles. The van der Waals surface area contributed by atoms with Crippen LogP contribution in [0.25, 0.3) is 17.0 Å². The van der Waals surface area contributed by atoms with Crippen LogP contribution in [-0.2, 0) is 6.42 Å². The summed E-state index contributed by atoms with van der Waals surface area (Å²) in [5, 5.41) is 19.6. The van der Waals surface area contributed by atoms with Crippen LogP contribution >= 0.6 is 0 Å². The van der Waals surface area contributed by atoms with Gasteiger partial charge in [-0.05, 0) is 49.7 Å². The van der Waals surface area contributed by atoms with Crippen molar-refractivity contribution in [1.82, 2.24) is 30.0 Å². The van der Waals surface area contributed by atoms with Gasteiger partial charge in [0.05, 0.1) is 0 Å². The lowest BCUT2D eigenvalue weighted by Crippen LogP contribution is -2.07. The summed E-state index contributed by atoms with van der Waals surface area (Å²) in [6.45, 7) is 2.55. The number of nitrogens with zero attached hydrogens (tertiary/aromatic N) is 6. The van der Waals surface area contributed by atoms with E-state index in [0.717, 1.165) is 23.6 Å². The number of hydrogen-bond donors (Lipinski definition) is 1.